The van der Waals surface area contributed by atoms with Crippen LogP contribution in [0.5, 0.6) is 0 Å². The molecule has 0 amide bonds. The SMILES string of the molecule is CC1CC(C)(C)CC1(C#N)NCCO. The van der Waals surface area contributed by atoms with E-state index in [4.69, 9.17) is 5.11 Å². The molecule has 1 rings (SSSR count). The Hall–Kier alpha value is -0.590. The van der Waals surface area contributed by atoms with Gasteiger partial charge < -0.3 is 5.11 Å². The van der Waals surface area contributed by atoms with Crippen LogP contribution in [0.15, 0.2) is 0 Å². The zero-order valence-electron chi connectivity index (χ0n) is 9.30. The molecule has 0 heterocycles. The average molecular weight is 196 g/mol. The molecule has 3 heteroatoms. The Labute approximate surface area is 86.1 Å². The van der Waals surface area contributed by atoms with E-state index in [0.717, 1.165) is 12.8 Å². The minimum atomic E-state index is -0.424. The van der Waals surface area contributed by atoms with Crippen LogP contribution in [-0.4, -0.2) is 23.8 Å². The molecule has 0 aliphatic heterocycles. The van der Waals surface area contributed by atoms with Crippen LogP contribution in [-0.2, 0) is 0 Å². The molecule has 2 unspecified atom stereocenters. The van der Waals surface area contributed by atoms with Crippen LogP contribution in [0.1, 0.15) is 33.6 Å². The van der Waals surface area contributed by atoms with Crippen LogP contribution >= 0.6 is 0 Å². The monoisotopic (exact) mass is 196 g/mol. The number of β-amino-alcohol motifs (C(OH)–C–C–N with tert-alkyl or cyclic N) is 1. The van der Waals surface area contributed by atoms with Crippen LogP contribution in [0, 0.1) is 22.7 Å². The minimum absolute atomic E-state index is 0.0938. The van der Waals surface area contributed by atoms with Gasteiger partial charge in [0.05, 0.1) is 12.7 Å². The fourth-order valence-corrected chi connectivity index (χ4v) is 2.71. The van der Waals surface area contributed by atoms with Crippen LogP contribution in [0.2, 0.25) is 0 Å². The zero-order chi connectivity index (χ0) is 10.8. The van der Waals surface area contributed by atoms with Crippen molar-refractivity contribution in [1.82, 2.24) is 5.32 Å². The Kier molecular flexibility index (Phi) is 3.18. The lowest BCUT2D eigenvalue weighted by atomic mass is 9.87. The maximum atomic E-state index is 9.25. The predicted molar refractivity (Wildman–Crippen MR) is 55.6 cm³/mol. The van der Waals surface area contributed by atoms with E-state index < -0.39 is 5.54 Å². The fraction of sp³-hybridized carbons (Fsp3) is 0.909. The molecule has 0 aromatic carbocycles. The summed E-state index contributed by atoms with van der Waals surface area (Å²) in [7, 11) is 0. The molecule has 1 saturated carbocycles. The summed E-state index contributed by atoms with van der Waals surface area (Å²) in [6.45, 7) is 7.11. The van der Waals surface area contributed by atoms with Gasteiger partial charge in [-0.1, -0.05) is 20.8 Å². The summed E-state index contributed by atoms with van der Waals surface area (Å²) < 4.78 is 0. The molecule has 0 aromatic heterocycles. The maximum Gasteiger partial charge on any atom is 0.109 e. The van der Waals surface area contributed by atoms with Gasteiger partial charge in [0.15, 0.2) is 0 Å². The average Bonchev–Trinajstić information content (AvgIpc) is 2.33. The van der Waals surface area contributed by atoms with Gasteiger partial charge >= 0.3 is 0 Å². The number of nitrogens with one attached hydrogen (secondary N) is 1. The van der Waals surface area contributed by atoms with Crippen molar-refractivity contribution in [2.45, 2.75) is 39.2 Å². The van der Waals surface area contributed by atoms with E-state index in [1.54, 1.807) is 0 Å². The van der Waals surface area contributed by atoms with Gasteiger partial charge in [-0.25, -0.2) is 0 Å². The van der Waals surface area contributed by atoms with Gasteiger partial charge in [0, 0.05) is 6.54 Å². The van der Waals surface area contributed by atoms with E-state index in [1.165, 1.54) is 0 Å². The number of aliphatic hydroxyl groups excluding tert-OH is 1. The third-order valence-corrected chi connectivity index (χ3v) is 3.21. The van der Waals surface area contributed by atoms with E-state index in [2.05, 4.69) is 32.2 Å². The highest BCUT2D eigenvalue weighted by Crippen LogP contribution is 2.46. The first-order valence-electron chi connectivity index (χ1n) is 5.23. The number of aliphatic hydroxyl groups is 1. The van der Waals surface area contributed by atoms with Gasteiger partial charge in [0.25, 0.3) is 0 Å². The van der Waals surface area contributed by atoms with Gasteiger partial charge in [-0.3, -0.25) is 5.32 Å². The fourth-order valence-electron chi connectivity index (χ4n) is 2.71. The first-order chi connectivity index (χ1) is 6.46. The molecule has 0 saturated heterocycles. The molecule has 0 bridgehead atoms. The first kappa shape index (κ1) is 11.5. The first-order valence-corrected chi connectivity index (χ1v) is 5.23. The summed E-state index contributed by atoms with van der Waals surface area (Å²) in [5.41, 5.74) is -0.191. The molecule has 1 fully saturated rings. The van der Waals surface area contributed by atoms with E-state index in [1.807, 2.05) is 0 Å². The molecule has 2 N–H and O–H groups in total. The normalized spacial score (nSPS) is 35.5. The summed E-state index contributed by atoms with van der Waals surface area (Å²) in [5, 5.41) is 21.2. The molecule has 1 aliphatic rings. The molecular weight excluding hydrogens is 176 g/mol. The van der Waals surface area contributed by atoms with Crippen molar-refractivity contribution in [3.8, 4) is 6.07 Å². The molecular formula is C11H20N2O. The number of nitrogens with zero attached hydrogens (tertiary/aromatic N) is 1. The molecule has 0 radical (unpaired) electrons. The Morgan fingerprint density at radius 3 is 2.57 bits per heavy atom. The molecule has 1 aliphatic carbocycles. The third-order valence-electron chi connectivity index (χ3n) is 3.21. The number of rotatable bonds is 3. The van der Waals surface area contributed by atoms with Crippen molar-refractivity contribution in [3.05, 3.63) is 0 Å². The van der Waals surface area contributed by atoms with Crippen LogP contribution in [0.3, 0.4) is 0 Å². The summed E-state index contributed by atoms with van der Waals surface area (Å²) in [4.78, 5) is 0. The number of hydrogen-bond donors (Lipinski definition) is 2. The zero-order valence-corrected chi connectivity index (χ0v) is 9.30. The standard InChI is InChI=1S/C11H20N2O/c1-9-6-10(2,3)7-11(9,8-12)13-4-5-14/h9,13-14H,4-7H2,1-3H3. The molecule has 14 heavy (non-hydrogen) atoms. The Balaban J connectivity index is 2.76. The lowest BCUT2D eigenvalue weighted by molar-refractivity contribution is 0.252. The van der Waals surface area contributed by atoms with Crippen LogP contribution in [0.4, 0.5) is 0 Å². The van der Waals surface area contributed by atoms with Crippen LogP contribution in [0.25, 0.3) is 0 Å². The van der Waals surface area contributed by atoms with Crippen molar-refractivity contribution in [1.29, 1.82) is 5.26 Å². The second-order valence-electron chi connectivity index (χ2n) is 5.18. The van der Waals surface area contributed by atoms with Gasteiger partial charge in [-0.15, -0.1) is 0 Å². The van der Waals surface area contributed by atoms with Gasteiger partial charge in [0.1, 0.15) is 5.54 Å². The second-order valence-corrected chi connectivity index (χ2v) is 5.18. The van der Waals surface area contributed by atoms with Crippen LogP contribution < -0.4 is 5.32 Å². The Morgan fingerprint density at radius 1 is 1.57 bits per heavy atom. The number of hydrogen-bond acceptors (Lipinski definition) is 3. The molecule has 0 spiro atoms. The topological polar surface area (TPSA) is 56.0 Å². The molecule has 80 valence electrons. The highest BCUT2D eigenvalue weighted by molar-refractivity contribution is 5.16. The van der Waals surface area contributed by atoms with Crippen molar-refractivity contribution >= 4 is 0 Å². The highest BCUT2D eigenvalue weighted by Gasteiger charge is 2.48. The smallest absolute Gasteiger partial charge is 0.109 e. The molecule has 0 aromatic rings. The van der Waals surface area contributed by atoms with Crippen molar-refractivity contribution in [3.63, 3.8) is 0 Å². The van der Waals surface area contributed by atoms with Gasteiger partial charge in [-0.2, -0.15) is 5.26 Å². The largest absolute Gasteiger partial charge is 0.395 e. The van der Waals surface area contributed by atoms with E-state index in [9.17, 15) is 5.26 Å². The Morgan fingerprint density at radius 2 is 2.21 bits per heavy atom. The van der Waals surface area contributed by atoms with Gasteiger partial charge in [-0.05, 0) is 24.2 Å². The summed E-state index contributed by atoms with van der Waals surface area (Å²) in [5.74, 6) is 0.356. The summed E-state index contributed by atoms with van der Waals surface area (Å²) in [6, 6.07) is 2.40. The lowest BCUT2D eigenvalue weighted by Crippen LogP contribution is -2.47. The highest BCUT2D eigenvalue weighted by atomic mass is 16.3. The lowest BCUT2D eigenvalue weighted by Gasteiger charge is -2.27. The second kappa shape index (κ2) is 3.88. The molecule has 3 nitrogen and oxygen atoms in total. The van der Waals surface area contributed by atoms with Gasteiger partial charge in [0.2, 0.25) is 0 Å². The summed E-state index contributed by atoms with van der Waals surface area (Å²) >= 11 is 0. The molecule has 2 atom stereocenters. The van der Waals surface area contributed by atoms with Crippen molar-refractivity contribution < 1.29 is 5.11 Å². The van der Waals surface area contributed by atoms with E-state index in [0.29, 0.717) is 12.5 Å². The third kappa shape index (κ3) is 2.08. The Bertz CT molecular complexity index is 244. The predicted octanol–water partition coefficient (Wildman–Crippen LogP) is 1.29. The van der Waals surface area contributed by atoms with E-state index in [-0.39, 0.29) is 12.0 Å². The van der Waals surface area contributed by atoms with Crippen molar-refractivity contribution in [2.24, 2.45) is 11.3 Å². The number of nitriles is 1. The quantitative estimate of drug-likeness (QED) is 0.715. The summed E-state index contributed by atoms with van der Waals surface area (Å²) in [6.07, 6.45) is 1.94. The van der Waals surface area contributed by atoms with Crippen molar-refractivity contribution in [2.75, 3.05) is 13.2 Å². The minimum Gasteiger partial charge on any atom is -0.395 e. The van der Waals surface area contributed by atoms with E-state index >= 15 is 0 Å². The maximum absolute atomic E-state index is 9.25.